The van der Waals surface area contributed by atoms with Crippen molar-refractivity contribution in [3.63, 3.8) is 0 Å². The number of hydrogen-bond acceptors (Lipinski definition) is 2. The van der Waals surface area contributed by atoms with Crippen molar-refractivity contribution in [3.8, 4) is 0 Å². The van der Waals surface area contributed by atoms with E-state index in [1.54, 1.807) is 12.1 Å². The SMILES string of the molecule is CCn1c2ccccc2c2cc(NC(=O)CSc3ccc(F)cc3)ccc21. The maximum atomic E-state index is 12.9. The number of amides is 1. The number of hydrogen-bond donors (Lipinski definition) is 1. The number of nitrogens with zero attached hydrogens (tertiary/aromatic N) is 1. The molecule has 0 aliphatic rings. The average Bonchev–Trinajstić information content (AvgIpc) is 3.01. The quantitative estimate of drug-likeness (QED) is 0.453. The number of halogens is 1. The standard InChI is InChI=1S/C22H19FN2OS/c1-2-25-20-6-4-3-5-18(20)19-13-16(9-12-21(19)25)24-22(26)14-27-17-10-7-15(23)8-11-17/h3-13H,2,14H2,1H3,(H,24,26). The van der Waals surface area contributed by atoms with E-state index in [-0.39, 0.29) is 17.5 Å². The molecule has 0 saturated carbocycles. The molecule has 0 aliphatic carbocycles. The lowest BCUT2D eigenvalue weighted by atomic mass is 10.1. The first-order valence-electron chi connectivity index (χ1n) is 8.85. The van der Waals surface area contributed by atoms with Crippen LogP contribution in [0.5, 0.6) is 0 Å². The summed E-state index contributed by atoms with van der Waals surface area (Å²) in [4.78, 5) is 13.2. The summed E-state index contributed by atoms with van der Waals surface area (Å²) in [7, 11) is 0. The van der Waals surface area contributed by atoms with E-state index in [9.17, 15) is 9.18 Å². The highest BCUT2D eigenvalue weighted by molar-refractivity contribution is 8.00. The van der Waals surface area contributed by atoms with Crippen molar-refractivity contribution in [2.45, 2.75) is 18.4 Å². The topological polar surface area (TPSA) is 34.0 Å². The van der Waals surface area contributed by atoms with Gasteiger partial charge in [0, 0.05) is 38.9 Å². The Morgan fingerprint density at radius 2 is 1.74 bits per heavy atom. The number of aromatic nitrogens is 1. The maximum absolute atomic E-state index is 12.9. The van der Waals surface area contributed by atoms with E-state index in [0.717, 1.165) is 28.0 Å². The van der Waals surface area contributed by atoms with E-state index in [1.165, 1.54) is 34.8 Å². The van der Waals surface area contributed by atoms with E-state index in [2.05, 4.69) is 35.0 Å². The smallest absolute Gasteiger partial charge is 0.234 e. The molecular formula is C22H19FN2OS. The Morgan fingerprint density at radius 3 is 2.52 bits per heavy atom. The number of carbonyl (C=O) groups excluding carboxylic acids is 1. The van der Waals surface area contributed by atoms with Gasteiger partial charge in [0.2, 0.25) is 5.91 Å². The van der Waals surface area contributed by atoms with Crippen LogP contribution in [0.1, 0.15) is 6.92 Å². The van der Waals surface area contributed by atoms with E-state index in [0.29, 0.717) is 0 Å². The summed E-state index contributed by atoms with van der Waals surface area (Å²) in [6.07, 6.45) is 0. The van der Waals surface area contributed by atoms with E-state index >= 15 is 0 Å². The second-order valence-electron chi connectivity index (χ2n) is 6.28. The Morgan fingerprint density at radius 1 is 1.00 bits per heavy atom. The van der Waals surface area contributed by atoms with Crippen LogP contribution in [0, 0.1) is 5.82 Å². The van der Waals surface area contributed by atoms with E-state index in [1.807, 2.05) is 24.3 Å². The minimum absolute atomic E-state index is 0.0806. The number of nitrogens with one attached hydrogen (secondary N) is 1. The van der Waals surface area contributed by atoms with Crippen LogP contribution in [-0.4, -0.2) is 16.2 Å². The van der Waals surface area contributed by atoms with E-state index < -0.39 is 0 Å². The first kappa shape index (κ1) is 17.6. The lowest BCUT2D eigenvalue weighted by Crippen LogP contribution is -2.13. The molecule has 5 heteroatoms. The summed E-state index contributed by atoms with van der Waals surface area (Å²) in [6, 6.07) is 20.5. The van der Waals surface area contributed by atoms with Crippen molar-refractivity contribution in [3.05, 3.63) is 72.5 Å². The van der Waals surface area contributed by atoms with Crippen LogP contribution in [0.15, 0.2) is 71.6 Å². The molecule has 3 nitrogen and oxygen atoms in total. The van der Waals surface area contributed by atoms with Crippen molar-refractivity contribution >= 4 is 45.2 Å². The van der Waals surface area contributed by atoms with Gasteiger partial charge in [0.15, 0.2) is 0 Å². The fourth-order valence-electron chi connectivity index (χ4n) is 3.35. The Kier molecular flexibility index (Phi) is 4.86. The number of carbonyl (C=O) groups is 1. The van der Waals surface area contributed by atoms with Crippen LogP contribution in [0.4, 0.5) is 10.1 Å². The molecule has 0 radical (unpaired) electrons. The fraction of sp³-hybridized carbons (Fsp3) is 0.136. The van der Waals surface area contributed by atoms with Gasteiger partial charge in [0.25, 0.3) is 0 Å². The minimum atomic E-state index is -0.275. The van der Waals surface area contributed by atoms with Crippen LogP contribution < -0.4 is 5.32 Å². The maximum Gasteiger partial charge on any atom is 0.234 e. The third-order valence-corrected chi connectivity index (χ3v) is 5.57. The Balaban J connectivity index is 1.54. The van der Waals surface area contributed by atoms with Gasteiger partial charge in [-0.05, 0) is 55.5 Å². The molecule has 0 atom stereocenters. The van der Waals surface area contributed by atoms with Crippen molar-refractivity contribution in [2.24, 2.45) is 0 Å². The summed E-state index contributed by atoms with van der Waals surface area (Å²) < 4.78 is 15.2. The number of thioether (sulfide) groups is 1. The third-order valence-electron chi connectivity index (χ3n) is 4.56. The van der Waals surface area contributed by atoms with Gasteiger partial charge in [-0.2, -0.15) is 0 Å². The average molecular weight is 378 g/mol. The molecule has 3 aromatic carbocycles. The van der Waals surface area contributed by atoms with E-state index in [4.69, 9.17) is 0 Å². The second-order valence-corrected chi connectivity index (χ2v) is 7.33. The highest BCUT2D eigenvalue weighted by Crippen LogP contribution is 2.31. The Bertz CT molecular complexity index is 1120. The summed E-state index contributed by atoms with van der Waals surface area (Å²) in [5.41, 5.74) is 3.15. The van der Waals surface area contributed by atoms with Gasteiger partial charge in [0.1, 0.15) is 5.82 Å². The molecule has 1 aromatic heterocycles. The van der Waals surface area contributed by atoms with Crippen molar-refractivity contribution in [1.82, 2.24) is 4.57 Å². The summed E-state index contributed by atoms with van der Waals surface area (Å²) in [6.45, 7) is 3.03. The highest BCUT2D eigenvalue weighted by atomic mass is 32.2. The van der Waals surface area contributed by atoms with Gasteiger partial charge in [0.05, 0.1) is 5.75 Å². The zero-order valence-corrected chi connectivity index (χ0v) is 15.7. The molecule has 27 heavy (non-hydrogen) atoms. The van der Waals surface area contributed by atoms with Gasteiger partial charge in [-0.3, -0.25) is 4.79 Å². The van der Waals surface area contributed by atoms with Crippen LogP contribution in [0.25, 0.3) is 21.8 Å². The molecule has 1 amide bonds. The van der Waals surface area contributed by atoms with Crippen molar-refractivity contribution in [2.75, 3.05) is 11.1 Å². The molecule has 1 N–H and O–H groups in total. The Labute approximate surface area is 161 Å². The number of aryl methyl sites for hydroxylation is 1. The zero-order chi connectivity index (χ0) is 18.8. The molecular weight excluding hydrogens is 359 g/mol. The summed E-state index contributed by atoms with van der Waals surface area (Å²) >= 11 is 1.39. The number of rotatable bonds is 5. The van der Waals surface area contributed by atoms with Crippen LogP contribution in [0.3, 0.4) is 0 Å². The molecule has 0 bridgehead atoms. The molecule has 0 aliphatic heterocycles. The third kappa shape index (κ3) is 3.55. The highest BCUT2D eigenvalue weighted by Gasteiger charge is 2.11. The second kappa shape index (κ2) is 7.45. The minimum Gasteiger partial charge on any atom is -0.341 e. The molecule has 0 spiro atoms. The summed E-state index contributed by atoms with van der Waals surface area (Å²) in [5, 5.41) is 5.29. The van der Waals surface area contributed by atoms with Crippen molar-refractivity contribution < 1.29 is 9.18 Å². The largest absolute Gasteiger partial charge is 0.341 e. The number of para-hydroxylation sites is 1. The molecule has 136 valence electrons. The molecule has 0 fully saturated rings. The molecule has 0 saturated heterocycles. The fourth-order valence-corrected chi connectivity index (χ4v) is 4.05. The lowest BCUT2D eigenvalue weighted by Gasteiger charge is -2.07. The van der Waals surface area contributed by atoms with Crippen LogP contribution in [0.2, 0.25) is 0 Å². The van der Waals surface area contributed by atoms with Crippen molar-refractivity contribution in [1.29, 1.82) is 0 Å². The molecule has 4 rings (SSSR count). The monoisotopic (exact) mass is 378 g/mol. The van der Waals surface area contributed by atoms with Gasteiger partial charge < -0.3 is 9.88 Å². The number of fused-ring (bicyclic) bond motifs is 3. The Hall–Kier alpha value is -2.79. The van der Waals surface area contributed by atoms with Gasteiger partial charge in [-0.25, -0.2) is 4.39 Å². The first-order chi connectivity index (χ1) is 13.2. The number of benzene rings is 3. The first-order valence-corrected chi connectivity index (χ1v) is 9.83. The van der Waals surface area contributed by atoms with Crippen LogP contribution >= 0.6 is 11.8 Å². The normalized spacial score (nSPS) is 11.2. The molecule has 0 unspecified atom stereocenters. The summed E-state index contributed by atoms with van der Waals surface area (Å²) in [5.74, 6) is -0.0772. The molecule has 4 aromatic rings. The predicted molar refractivity (Wildman–Crippen MR) is 111 cm³/mol. The van der Waals surface area contributed by atoms with Crippen LogP contribution in [-0.2, 0) is 11.3 Å². The zero-order valence-electron chi connectivity index (χ0n) is 14.9. The molecule has 1 heterocycles. The number of anilines is 1. The van der Waals surface area contributed by atoms with Gasteiger partial charge >= 0.3 is 0 Å². The van der Waals surface area contributed by atoms with Gasteiger partial charge in [-0.1, -0.05) is 18.2 Å². The lowest BCUT2D eigenvalue weighted by molar-refractivity contribution is -0.113. The van der Waals surface area contributed by atoms with Gasteiger partial charge in [-0.15, -0.1) is 11.8 Å². The predicted octanol–water partition coefficient (Wildman–Crippen LogP) is 5.68.